The number of carbonyl (C=O) groups is 1. The van der Waals surface area contributed by atoms with E-state index >= 15 is 0 Å². The molecule has 2 fully saturated rings. The number of hydrogen-bond donors (Lipinski definition) is 3. The van der Waals surface area contributed by atoms with Crippen molar-refractivity contribution in [1.29, 1.82) is 0 Å². The van der Waals surface area contributed by atoms with E-state index in [9.17, 15) is 4.79 Å². The third-order valence-corrected chi connectivity index (χ3v) is 4.58. The Bertz CT molecular complexity index is 694. The van der Waals surface area contributed by atoms with Gasteiger partial charge >= 0.3 is 5.91 Å². The summed E-state index contributed by atoms with van der Waals surface area (Å²) < 4.78 is 5.58. The number of rotatable bonds is 3. The molecule has 3 atom stereocenters. The van der Waals surface area contributed by atoms with Gasteiger partial charge in [0.1, 0.15) is 0 Å². The van der Waals surface area contributed by atoms with Crippen LogP contribution in [0.2, 0.25) is 0 Å². The number of hydrogen-bond acceptors (Lipinski definition) is 5. The molecule has 6 nitrogen and oxygen atoms in total. The lowest BCUT2D eigenvalue weighted by atomic mass is 10.0. The van der Waals surface area contributed by atoms with E-state index in [4.69, 9.17) is 10.2 Å². The van der Waals surface area contributed by atoms with Crippen LogP contribution < -0.4 is 16.4 Å². The van der Waals surface area contributed by atoms with Gasteiger partial charge in [0.25, 0.3) is 5.89 Å². The van der Waals surface area contributed by atoms with Gasteiger partial charge in [0.05, 0.1) is 6.20 Å². The van der Waals surface area contributed by atoms with Crippen molar-refractivity contribution in [3.05, 3.63) is 36.4 Å². The second kappa shape index (κ2) is 5.14. The molecule has 3 unspecified atom stereocenters. The smallest absolute Gasteiger partial charge is 0.307 e. The number of benzene rings is 1. The average molecular weight is 298 g/mol. The minimum atomic E-state index is -0.237. The molecule has 1 saturated carbocycles. The van der Waals surface area contributed by atoms with Crippen LogP contribution in [-0.2, 0) is 0 Å². The second-order valence-corrected chi connectivity index (χ2v) is 6.07. The van der Waals surface area contributed by atoms with Gasteiger partial charge in [-0.05, 0) is 43.0 Å². The molecule has 2 bridgehead atoms. The molecule has 114 valence electrons. The molecule has 1 amide bonds. The number of carbonyl (C=O) groups excluding carboxylic acids is 1. The van der Waals surface area contributed by atoms with E-state index in [0.717, 1.165) is 24.9 Å². The van der Waals surface area contributed by atoms with Gasteiger partial charge in [-0.3, -0.25) is 4.79 Å². The summed E-state index contributed by atoms with van der Waals surface area (Å²) in [7, 11) is 0. The number of amides is 1. The van der Waals surface area contributed by atoms with Gasteiger partial charge in [0.15, 0.2) is 5.76 Å². The zero-order chi connectivity index (χ0) is 15.1. The van der Waals surface area contributed by atoms with Crippen LogP contribution >= 0.6 is 0 Å². The first-order valence-electron chi connectivity index (χ1n) is 7.55. The minimum Gasteiger partial charge on any atom is -0.432 e. The molecule has 0 radical (unpaired) electrons. The standard InChI is InChI=1S/C16H18N4O2/c17-11-3-1-9(2-4-11)14-8-19-16(22-14)15(21)20-13-6-12-5-10(13)7-18-12/h1-4,8,10,12-13,18H,5-7,17H2,(H,20,21). The molecule has 1 aliphatic heterocycles. The lowest BCUT2D eigenvalue weighted by molar-refractivity contribution is 0.0890. The van der Waals surface area contributed by atoms with Gasteiger partial charge in [-0.25, -0.2) is 4.98 Å². The molecule has 1 aromatic carbocycles. The maximum absolute atomic E-state index is 12.3. The number of nitrogens with one attached hydrogen (secondary N) is 2. The first kappa shape index (κ1) is 13.3. The first-order chi connectivity index (χ1) is 10.7. The SMILES string of the molecule is Nc1ccc(-c2cnc(C(=O)NC3CC4CC3CN4)o2)cc1. The lowest BCUT2D eigenvalue weighted by Gasteiger charge is -2.22. The van der Waals surface area contributed by atoms with E-state index in [2.05, 4.69) is 15.6 Å². The summed E-state index contributed by atoms with van der Waals surface area (Å²) >= 11 is 0. The van der Waals surface area contributed by atoms with Crippen LogP contribution in [0.1, 0.15) is 23.5 Å². The molecule has 1 aromatic heterocycles. The van der Waals surface area contributed by atoms with E-state index in [1.54, 1.807) is 18.3 Å². The summed E-state index contributed by atoms with van der Waals surface area (Å²) in [5.41, 5.74) is 7.20. The summed E-state index contributed by atoms with van der Waals surface area (Å²) in [5, 5.41) is 6.47. The number of nitrogens with two attached hydrogens (primary N) is 1. The Kier molecular flexibility index (Phi) is 3.11. The number of oxazole rings is 1. The van der Waals surface area contributed by atoms with Crippen LogP contribution in [0.25, 0.3) is 11.3 Å². The fourth-order valence-corrected chi connectivity index (χ4v) is 3.40. The number of aromatic nitrogens is 1. The first-order valence-corrected chi connectivity index (χ1v) is 7.55. The Labute approximate surface area is 128 Å². The maximum atomic E-state index is 12.3. The van der Waals surface area contributed by atoms with Crippen molar-refractivity contribution in [2.45, 2.75) is 24.9 Å². The van der Waals surface area contributed by atoms with E-state index in [-0.39, 0.29) is 17.8 Å². The Morgan fingerprint density at radius 2 is 2.14 bits per heavy atom. The van der Waals surface area contributed by atoms with E-state index in [1.165, 1.54) is 0 Å². The number of nitrogens with zero attached hydrogens (tertiary/aromatic N) is 1. The van der Waals surface area contributed by atoms with Gasteiger partial charge in [0.2, 0.25) is 0 Å². The molecular weight excluding hydrogens is 280 g/mol. The zero-order valence-electron chi connectivity index (χ0n) is 12.1. The van der Waals surface area contributed by atoms with Crippen LogP contribution in [-0.4, -0.2) is 29.5 Å². The molecule has 1 saturated heterocycles. The van der Waals surface area contributed by atoms with E-state index < -0.39 is 0 Å². The highest BCUT2D eigenvalue weighted by atomic mass is 16.4. The molecule has 2 aliphatic rings. The van der Waals surface area contributed by atoms with Crippen LogP contribution in [0.5, 0.6) is 0 Å². The number of piperidine rings is 1. The Morgan fingerprint density at radius 3 is 2.82 bits per heavy atom. The number of nitrogen functional groups attached to an aromatic ring is 1. The maximum Gasteiger partial charge on any atom is 0.307 e. The largest absolute Gasteiger partial charge is 0.432 e. The predicted molar refractivity (Wildman–Crippen MR) is 82.1 cm³/mol. The summed E-state index contributed by atoms with van der Waals surface area (Å²) in [6.45, 7) is 0.984. The van der Waals surface area contributed by atoms with E-state index in [0.29, 0.717) is 23.4 Å². The van der Waals surface area contributed by atoms with Crippen molar-refractivity contribution in [2.75, 3.05) is 12.3 Å². The predicted octanol–water partition coefficient (Wildman–Crippen LogP) is 1.40. The molecule has 1 aliphatic carbocycles. The molecule has 6 heteroatoms. The Morgan fingerprint density at radius 1 is 1.32 bits per heavy atom. The molecule has 2 heterocycles. The van der Waals surface area contributed by atoms with Crippen LogP contribution in [0.3, 0.4) is 0 Å². The summed E-state index contributed by atoms with van der Waals surface area (Å²) in [6, 6.07) is 8.05. The number of anilines is 1. The topological polar surface area (TPSA) is 93.2 Å². The highest BCUT2D eigenvalue weighted by Gasteiger charge is 2.40. The Balaban J connectivity index is 1.46. The van der Waals surface area contributed by atoms with Crippen LogP contribution in [0.4, 0.5) is 5.69 Å². The van der Waals surface area contributed by atoms with Crippen LogP contribution in [0.15, 0.2) is 34.9 Å². The van der Waals surface area contributed by atoms with Gasteiger partial charge in [0, 0.05) is 29.9 Å². The molecule has 4 rings (SSSR count). The van der Waals surface area contributed by atoms with Crippen LogP contribution in [0, 0.1) is 5.92 Å². The quantitative estimate of drug-likeness (QED) is 0.745. The van der Waals surface area contributed by atoms with Gasteiger partial charge in [-0.2, -0.15) is 0 Å². The second-order valence-electron chi connectivity index (χ2n) is 6.07. The highest BCUT2D eigenvalue weighted by Crippen LogP contribution is 2.31. The van der Waals surface area contributed by atoms with Gasteiger partial charge in [-0.15, -0.1) is 0 Å². The van der Waals surface area contributed by atoms with Crippen molar-refractivity contribution >= 4 is 11.6 Å². The Hall–Kier alpha value is -2.34. The molecule has 4 N–H and O–H groups in total. The van der Waals surface area contributed by atoms with Crippen molar-refractivity contribution in [2.24, 2.45) is 5.92 Å². The van der Waals surface area contributed by atoms with Crippen molar-refractivity contribution in [3.63, 3.8) is 0 Å². The monoisotopic (exact) mass is 298 g/mol. The fraction of sp³-hybridized carbons (Fsp3) is 0.375. The summed E-state index contributed by atoms with van der Waals surface area (Å²) in [6.07, 6.45) is 3.71. The molecule has 0 spiro atoms. The fourth-order valence-electron chi connectivity index (χ4n) is 3.40. The number of fused-ring (bicyclic) bond motifs is 2. The molecule has 22 heavy (non-hydrogen) atoms. The lowest BCUT2D eigenvalue weighted by Crippen LogP contribution is -2.44. The summed E-state index contributed by atoms with van der Waals surface area (Å²) in [4.78, 5) is 16.4. The van der Waals surface area contributed by atoms with Crippen molar-refractivity contribution in [1.82, 2.24) is 15.6 Å². The summed E-state index contributed by atoms with van der Waals surface area (Å²) in [5.74, 6) is 0.974. The minimum absolute atomic E-state index is 0.113. The normalized spacial score (nSPS) is 26.3. The highest BCUT2D eigenvalue weighted by molar-refractivity contribution is 5.90. The molecular formula is C16H18N4O2. The van der Waals surface area contributed by atoms with Crippen molar-refractivity contribution in [3.8, 4) is 11.3 Å². The average Bonchev–Trinajstić information content (AvgIpc) is 3.24. The molecule has 2 aromatic rings. The third-order valence-electron chi connectivity index (χ3n) is 4.58. The zero-order valence-corrected chi connectivity index (χ0v) is 12.1. The third kappa shape index (κ3) is 2.35. The van der Waals surface area contributed by atoms with Gasteiger partial charge in [-0.1, -0.05) is 0 Å². The van der Waals surface area contributed by atoms with E-state index in [1.807, 2.05) is 12.1 Å². The van der Waals surface area contributed by atoms with Crippen molar-refractivity contribution < 1.29 is 9.21 Å². The van der Waals surface area contributed by atoms with Gasteiger partial charge < -0.3 is 20.8 Å².